The number of fused-ring (bicyclic) bond motifs is 1. The zero-order chi connectivity index (χ0) is 21.5. The van der Waals surface area contributed by atoms with Gasteiger partial charge >= 0.3 is 5.97 Å². The summed E-state index contributed by atoms with van der Waals surface area (Å²) in [4.78, 5) is 26.3. The molecular weight excluding hydrogens is 394 g/mol. The quantitative estimate of drug-likeness (QED) is 0.657. The Kier molecular flexibility index (Phi) is 3.96. The standard InChI is InChI=1S/C21H24F2N4O3/c1-9-17-14(19(28)11(20(29)30)8-27(17)13-6-12(13)22)16(24)15(23)18(9)26-5-2-10(7-26)21(25)3-4-21/h8,10,12-13H,2-7,24-25H2,1H3,(H,29,30)/t10-,12+,13-/m1/s1. The molecule has 3 aliphatic rings. The number of aromatic nitrogens is 1. The Morgan fingerprint density at radius 1 is 1.37 bits per heavy atom. The van der Waals surface area contributed by atoms with Gasteiger partial charge in [-0.1, -0.05) is 0 Å². The lowest BCUT2D eigenvalue weighted by Crippen LogP contribution is -2.35. The molecule has 1 aromatic heterocycles. The second-order valence-electron chi connectivity index (χ2n) is 8.99. The molecule has 1 aromatic carbocycles. The first kappa shape index (κ1) is 19.3. The minimum absolute atomic E-state index is 0.185. The predicted octanol–water partition coefficient (Wildman–Crippen LogP) is 2.33. The zero-order valence-corrected chi connectivity index (χ0v) is 16.6. The van der Waals surface area contributed by atoms with E-state index in [0.717, 1.165) is 25.5 Å². The van der Waals surface area contributed by atoms with Crippen molar-refractivity contribution < 1.29 is 18.7 Å². The van der Waals surface area contributed by atoms with E-state index in [1.807, 2.05) is 4.90 Å². The molecule has 0 amide bonds. The Balaban J connectivity index is 1.73. The summed E-state index contributed by atoms with van der Waals surface area (Å²) in [6.45, 7) is 2.87. The molecule has 7 nitrogen and oxygen atoms in total. The third kappa shape index (κ3) is 2.64. The molecule has 0 radical (unpaired) electrons. The number of rotatable bonds is 4. The summed E-state index contributed by atoms with van der Waals surface area (Å²) >= 11 is 0. The monoisotopic (exact) mass is 418 g/mol. The number of anilines is 2. The van der Waals surface area contributed by atoms with Crippen molar-refractivity contribution in [2.45, 2.75) is 50.4 Å². The van der Waals surface area contributed by atoms with Gasteiger partial charge in [-0.15, -0.1) is 0 Å². The van der Waals surface area contributed by atoms with Crippen LogP contribution in [-0.2, 0) is 0 Å². The van der Waals surface area contributed by atoms with Crippen molar-refractivity contribution in [1.29, 1.82) is 0 Å². The molecule has 2 aromatic rings. The topological polar surface area (TPSA) is 115 Å². The SMILES string of the molecule is Cc1c(N2CC[C@@H](C3(N)CC3)C2)c(F)c(N)c2c(=O)c(C(=O)O)cn([C@@H]3C[C@@H]3F)c12. The highest BCUT2D eigenvalue weighted by Crippen LogP contribution is 2.47. The molecule has 160 valence electrons. The van der Waals surface area contributed by atoms with E-state index in [0.29, 0.717) is 29.9 Å². The largest absolute Gasteiger partial charge is 0.477 e. The van der Waals surface area contributed by atoms with Gasteiger partial charge in [-0.25, -0.2) is 13.6 Å². The third-order valence-corrected chi connectivity index (χ3v) is 7.07. The van der Waals surface area contributed by atoms with Crippen molar-refractivity contribution >= 4 is 28.2 Å². The molecule has 3 fully saturated rings. The number of nitrogens with two attached hydrogens (primary N) is 2. The van der Waals surface area contributed by atoms with Gasteiger partial charge in [-0.2, -0.15) is 0 Å². The lowest BCUT2D eigenvalue weighted by atomic mass is 9.97. The van der Waals surface area contributed by atoms with E-state index in [1.165, 1.54) is 4.57 Å². The van der Waals surface area contributed by atoms with Gasteiger partial charge in [-0.05, 0) is 37.7 Å². The second kappa shape index (κ2) is 6.16. The number of hydrogen-bond donors (Lipinski definition) is 3. The van der Waals surface area contributed by atoms with Crippen LogP contribution in [0.25, 0.3) is 10.9 Å². The van der Waals surface area contributed by atoms with Gasteiger partial charge in [0.15, 0.2) is 5.82 Å². The van der Waals surface area contributed by atoms with E-state index in [1.54, 1.807) is 6.92 Å². The molecule has 3 atom stereocenters. The van der Waals surface area contributed by atoms with Crippen molar-refractivity contribution in [3.8, 4) is 0 Å². The maximum Gasteiger partial charge on any atom is 0.341 e. The molecule has 2 aliphatic carbocycles. The molecule has 5 rings (SSSR count). The van der Waals surface area contributed by atoms with Crippen molar-refractivity contribution in [2.24, 2.45) is 11.7 Å². The molecule has 0 unspecified atom stereocenters. The lowest BCUT2D eigenvalue weighted by molar-refractivity contribution is 0.0694. The van der Waals surface area contributed by atoms with Crippen LogP contribution in [0.4, 0.5) is 20.2 Å². The number of nitrogen functional groups attached to an aromatic ring is 1. The lowest BCUT2D eigenvalue weighted by Gasteiger charge is -2.26. The summed E-state index contributed by atoms with van der Waals surface area (Å²) in [5, 5.41) is 9.23. The number of halogens is 2. The molecule has 2 saturated carbocycles. The first-order valence-electron chi connectivity index (χ1n) is 10.2. The van der Waals surface area contributed by atoms with Crippen LogP contribution in [0.15, 0.2) is 11.0 Å². The maximum absolute atomic E-state index is 15.5. The van der Waals surface area contributed by atoms with Gasteiger partial charge in [0.1, 0.15) is 11.7 Å². The van der Waals surface area contributed by atoms with E-state index in [-0.39, 0.29) is 29.0 Å². The average molecular weight is 418 g/mol. The summed E-state index contributed by atoms with van der Waals surface area (Å²) in [6.07, 6.45) is 3.00. The number of carboxylic acid groups (broad SMARTS) is 1. The number of hydrogen-bond acceptors (Lipinski definition) is 5. The number of benzene rings is 1. The van der Waals surface area contributed by atoms with Gasteiger partial charge < -0.3 is 26.0 Å². The Labute approximate surface area is 171 Å². The summed E-state index contributed by atoms with van der Waals surface area (Å²) < 4.78 is 30.9. The van der Waals surface area contributed by atoms with E-state index in [2.05, 4.69) is 0 Å². The predicted molar refractivity (Wildman–Crippen MR) is 109 cm³/mol. The number of pyridine rings is 1. The minimum Gasteiger partial charge on any atom is -0.477 e. The van der Waals surface area contributed by atoms with Crippen LogP contribution in [0.1, 0.15) is 47.6 Å². The fourth-order valence-electron chi connectivity index (χ4n) is 4.99. The first-order chi connectivity index (χ1) is 14.1. The Bertz CT molecular complexity index is 1160. The van der Waals surface area contributed by atoms with E-state index in [4.69, 9.17) is 11.5 Å². The molecule has 2 heterocycles. The summed E-state index contributed by atoms with van der Waals surface area (Å²) in [7, 11) is 0. The highest BCUT2D eigenvalue weighted by molar-refractivity contribution is 6.01. The fourth-order valence-corrected chi connectivity index (χ4v) is 4.99. The van der Waals surface area contributed by atoms with Crippen LogP contribution in [0.2, 0.25) is 0 Å². The summed E-state index contributed by atoms with van der Waals surface area (Å²) in [5.74, 6) is -1.93. The third-order valence-electron chi connectivity index (χ3n) is 7.07. The van der Waals surface area contributed by atoms with E-state index < -0.39 is 35.0 Å². The van der Waals surface area contributed by atoms with Crippen LogP contribution >= 0.6 is 0 Å². The van der Waals surface area contributed by atoms with Gasteiger partial charge in [0, 0.05) is 31.2 Å². The Hall–Kier alpha value is -2.68. The molecule has 0 spiro atoms. The molecule has 30 heavy (non-hydrogen) atoms. The van der Waals surface area contributed by atoms with Crippen molar-refractivity contribution in [3.05, 3.63) is 33.4 Å². The fraction of sp³-hybridized carbons (Fsp3) is 0.524. The number of aromatic carboxylic acids is 1. The van der Waals surface area contributed by atoms with Gasteiger partial charge in [-0.3, -0.25) is 4.79 Å². The summed E-state index contributed by atoms with van der Waals surface area (Å²) in [5.41, 5.74) is 11.5. The Morgan fingerprint density at radius 2 is 2.03 bits per heavy atom. The van der Waals surface area contributed by atoms with Crippen LogP contribution < -0.4 is 21.8 Å². The number of carbonyl (C=O) groups is 1. The Morgan fingerprint density at radius 3 is 2.60 bits per heavy atom. The average Bonchev–Trinajstić information content (AvgIpc) is 3.55. The molecule has 5 N–H and O–H groups in total. The second-order valence-corrected chi connectivity index (χ2v) is 8.99. The summed E-state index contributed by atoms with van der Waals surface area (Å²) in [6, 6.07) is -0.590. The zero-order valence-electron chi connectivity index (χ0n) is 16.6. The molecule has 1 saturated heterocycles. The molecule has 0 bridgehead atoms. The first-order valence-corrected chi connectivity index (χ1v) is 10.2. The van der Waals surface area contributed by atoms with Crippen LogP contribution in [-0.4, -0.2) is 40.4 Å². The van der Waals surface area contributed by atoms with Crippen LogP contribution in [0.3, 0.4) is 0 Å². The van der Waals surface area contributed by atoms with Crippen LogP contribution in [0, 0.1) is 18.7 Å². The van der Waals surface area contributed by atoms with Gasteiger partial charge in [0.2, 0.25) is 5.43 Å². The van der Waals surface area contributed by atoms with Crippen molar-refractivity contribution in [2.75, 3.05) is 23.7 Å². The van der Waals surface area contributed by atoms with Gasteiger partial charge in [0.25, 0.3) is 0 Å². The number of alkyl halides is 1. The molecule has 9 heteroatoms. The molecular formula is C21H24F2N4O3. The normalized spacial score (nSPS) is 26.9. The van der Waals surface area contributed by atoms with E-state index in [9.17, 15) is 19.1 Å². The maximum atomic E-state index is 15.5. The smallest absolute Gasteiger partial charge is 0.341 e. The van der Waals surface area contributed by atoms with Gasteiger partial charge in [0.05, 0.1) is 28.3 Å². The highest BCUT2D eigenvalue weighted by atomic mass is 19.1. The van der Waals surface area contributed by atoms with Crippen LogP contribution in [0.5, 0.6) is 0 Å². The number of aryl methyl sites for hydroxylation is 1. The van der Waals surface area contributed by atoms with Crippen molar-refractivity contribution in [3.63, 3.8) is 0 Å². The van der Waals surface area contributed by atoms with E-state index >= 15 is 4.39 Å². The minimum atomic E-state index is -1.45. The molecule has 1 aliphatic heterocycles. The highest BCUT2D eigenvalue weighted by Gasteiger charge is 2.48. The van der Waals surface area contributed by atoms with Crippen molar-refractivity contribution in [1.82, 2.24) is 4.57 Å². The number of nitrogens with zero attached hydrogens (tertiary/aromatic N) is 2. The number of carboxylic acids is 1.